The molecule has 6 heteroatoms. The molecule has 5 nitrogen and oxygen atoms in total. The van der Waals surface area contributed by atoms with Crippen LogP contribution in [0.25, 0.3) is 0 Å². The van der Waals surface area contributed by atoms with Gasteiger partial charge in [-0.05, 0) is 12.8 Å². The van der Waals surface area contributed by atoms with Gasteiger partial charge in [-0.3, -0.25) is 4.79 Å². The summed E-state index contributed by atoms with van der Waals surface area (Å²) in [6.45, 7) is 5.50. The summed E-state index contributed by atoms with van der Waals surface area (Å²) in [5.74, 6) is -0.172. The van der Waals surface area contributed by atoms with E-state index in [4.69, 9.17) is 0 Å². The van der Waals surface area contributed by atoms with Crippen molar-refractivity contribution in [2.75, 3.05) is 24.5 Å². The summed E-state index contributed by atoms with van der Waals surface area (Å²) in [5.41, 5.74) is 0. The highest BCUT2D eigenvalue weighted by molar-refractivity contribution is 5.80. The number of nitrogens with one attached hydrogen (secondary N) is 1. The van der Waals surface area contributed by atoms with Gasteiger partial charge in [-0.25, -0.2) is 14.4 Å². The number of carbonyl (C=O) groups is 1. The number of aromatic nitrogens is 2. The maximum Gasteiger partial charge on any atom is 0.239 e. The number of hydrogen-bond donors (Lipinski definition) is 1. The van der Waals surface area contributed by atoms with Gasteiger partial charge in [0.1, 0.15) is 0 Å². The summed E-state index contributed by atoms with van der Waals surface area (Å²) in [6.07, 6.45) is 3.97. The Morgan fingerprint density at radius 3 is 2.56 bits per heavy atom. The molecule has 0 saturated heterocycles. The standard InChI is InChI=1S/C12H19FN4O/c1-3-5-14-11(18)9-17(6-4-2)12-15-7-10(13)8-16-12/h7-8H,3-6,9H2,1-2H3,(H,14,18). The molecule has 0 atom stereocenters. The molecule has 0 unspecified atom stereocenters. The fourth-order valence-electron chi connectivity index (χ4n) is 1.48. The Hall–Kier alpha value is -1.72. The molecule has 1 aromatic heterocycles. The second-order valence-corrected chi connectivity index (χ2v) is 3.97. The van der Waals surface area contributed by atoms with E-state index in [1.54, 1.807) is 4.90 Å². The fourth-order valence-corrected chi connectivity index (χ4v) is 1.48. The molecule has 0 spiro atoms. The van der Waals surface area contributed by atoms with Gasteiger partial charge in [0.05, 0.1) is 18.9 Å². The number of carbonyl (C=O) groups excluding carboxylic acids is 1. The van der Waals surface area contributed by atoms with Crippen molar-refractivity contribution in [2.24, 2.45) is 0 Å². The average molecular weight is 254 g/mol. The van der Waals surface area contributed by atoms with Crippen molar-refractivity contribution in [3.8, 4) is 0 Å². The third-order valence-electron chi connectivity index (χ3n) is 2.29. The lowest BCUT2D eigenvalue weighted by Crippen LogP contribution is -2.38. The Morgan fingerprint density at radius 1 is 1.33 bits per heavy atom. The van der Waals surface area contributed by atoms with Gasteiger partial charge in [0.15, 0.2) is 5.82 Å². The first-order chi connectivity index (χ1) is 8.67. The molecular weight excluding hydrogens is 235 g/mol. The molecule has 1 heterocycles. The van der Waals surface area contributed by atoms with Gasteiger partial charge >= 0.3 is 0 Å². The molecule has 0 radical (unpaired) electrons. The number of anilines is 1. The quantitative estimate of drug-likeness (QED) is 0.798. The van der Waals surface area contributed by atoms with Crippen molar-refractivity contribution >= 4 is 11.9 Å². The van der Waals surface area contributed by atoms with Crippen molar-refractivity contribution in [1.82, 2.24) is 15.3 Å². The number of rotatable bonds is 7. The molecule has 1 amide bonds. The van der Waals surface area contributed by atoms with Crippen molar-refractivity contribution in [3.05, 3.63) is 18.2 Å². The Labute approximate surface area is 106 Å². The molecule has 0 bridgehead atoms. The van der Waals surface area contributed by atoms with Crippen LogP contribution in [0.1, 0.15) is 26.7 Å². The average Bonchev–Trinajstić information content (AvgIpc) is 2.37. The third-order valence-corrected chi connectivity index (χ3v) is 2.29. The van der Waals surface area contributed by atoms with E-state index in [-0.39, 0.29) is 12.5 Å². The molecule has 100 valence electrons. The maximum atomic E-state index is 12.7. The van der Waals surface area contributed by atoms with Crippen LogP contribution >= 0.6 is 0 Å². The van der Waals surface area contributed by atoms with Crippen LogP contribution in [-0.2, 0) is 4.79 Å². The van der Waals surface area contributed by atoms with E-state index in [0.717, 1.165) is 25.2 Å². The van der Waals surface area contributed by atoms with Crippen molar-refractivity contribution in [3.63, 3.8) is 0 Å². The number of nitrogens with zero attached hydrogens (tertiary/aromatic N) is 3. The van der Waals surface area contributed by atoms with Crippen LogP contribution in [0.3, 0.4) is 0 Å². The van der Waals surface area contributed by atoms with Crippen molar-refractivity contribution < 1.29 is 9.18 Å². The monoisotopic (exact) mass is 254 g/mol. The zero-order valence-electron chi connectivity index (χ0n) is 10.8. The summed E-state index contributed by atoms with van der Waals surface area (Å²) in [4.78, 5) is 21.2. The van der Waals surface area contributed by atoms with Crippen molar-refractivity contribution in [1.29, 1.82) is 0 Å². The predicted octanol–water partition coefficient (Wildman–Crippen LogP) is 1.36. The molecule has 1 aromatic rings. The van der Waals surface area contributed by atoms with E-state index in [0.29, 0.717) is 19.0 Å². The number of halogens is 1. The Morgan fingerprint density at radius 2 is 2.00 bits per heavy atom. The Bertz CT molecular complexity index is 369. The third kappa shape index (κ3) is 4.65. The molecule has 0 saturated carbocycles. The van der Waals surface area contributed by atoms with E-state index in [1.807, 2.05) is 13.8 Å². The lowest BCUT2D eigenvalue weighted by atomic mass is 10.4. The summed E-state index contributed by atoms with van der Waals surface area (Å²) < 4.78 is 12.7. The minimum absolute atomic E-state index is 0.0711. The summed E-state index contributed by atoms with van der Waals surface area (Å²) in [7, 11) is 0. The lowest BCUT2D eigenvalue weighted by Gasteiger charge is -2.21. The van der Waals surface area contributed by atoms with Crippen LogP contribution in [0, 0.1) is 5.82 Å². The van der Waals surface area contributed by atoms with E-state index in [1.165, 1.54) is 0 Å². The van der Waals surface area contributed by atoms with Gasteiger partial charge in [0, 0.05) is 13.1 Å². The van der Waals surface area contributed by atoms with Crippen LogP contribution in [0.5, 0.6) is 0 Å². The first kappa shape index (κ1) is 14.3. The molecule has 0 aliphatic heterocycles. The van der Waals surface area contributed by atoms with Gasteiger partial charge in [-0.15, -0.1) is 0 Å². The topological polar surface area (TPSA) is 58.1 Å². The predicted molar refractivity (Wildman–Crippen MR) is 67.8 cm³/mol. The number of hydrogen-bond acceptors (Lipinski definition) is 4. The zero-order chi connectivity index (χ0) is 13.4. The van der Waals surface area contributed by atoms with Gasteiger partial charge in [0.2, 0.25) is 11.9 Å². The SMILES string of the molecule is CCCNC(=O)CN(CCC)c1ncc(F)cn1. The van der Waals surface area contributed by atoms with Crippen LogP contribution in [0.4, 0.5) is 10.3 Å². The summed E-state index contributed by atoms with van der Waals surface area (Å²) in [5, 5.41) is 2.79. The van der Waals surface area contributed by atoms with Crippen LogP contribution in [0.15, 0.2) is 12.4 Å². The molecule has 18 heavy (non-hydrogen) atoms. The van der Waals surface area contributed by atoms with Crippen LogP contribution in [0.2, 0.25) is 0 Å². The lowest BCUT2D eigenvalue weighted by molar-refractivity contribution is -0.119. The van der Waals surface area contributed by atoms with E-state index >= 15 is 0 Å². The highest BCUT2D eigenvalue weighted by Crippen LogP contribution is 2.06. The Kier molecular flexibility index (Phi) is 6.04. The summed E-state index contributed by atoms with van der Waals surface area (Å²) >= 11 is 0. The van der Waals surface area contributed by atoms with Gasteiger partial charge < -0.3 is 10.2 Å². The smallest absolute Gasteiger partial charge is 0.239 e. The minimum atomic E-state index is -0.481. The van der Waals surface area contributed by atoms with E-state index in [9.17, 15) is 9.18 Å². The second-order valence-electron chi connectivity index (χ2n) is 3.97. The first-order valence-electron chi connectivity index (χ1n) is 6.16. The normalized spacial score (nSPS) is 10.2. The van der Waals surface area contributed by atoms with Gasteiger partial charge in [0.25, 0.3) is 0 Å². The molecule has 0 fully saturated rings. The minimum Gasteiger partial charge on any atom is -0.355 e. The maximum absolute atomic E-state index is 12.7. The van der Waals surface area contributed by atoms with E-state index in [2.05, 4.69) is 15.3 Å². The molecule has 0 aliphatic rings. The first-order valence-corrected chi connectivity index (χ1v) is 6.16. The molecule has 0 aromatic carbocycles. The molecular formula is C12H19FN4O. The molecule has 0 aliphatic carbocycles. The molecule has 1 rings (SSSR count). The van der Waals surface area contributed by atoms with Gasteiger partial charge in [-0.2, -0.15) is 0 Å². The van der Waals surface area contributed by atoms with Gasteiger partial charge in [-0.1, -0.05) is 13.8 Å². The van der Waals surface area contributed by atoms with Crippen LogP contribution in [-0.4, -0.2) is 35.5 Å². The largest absolute Gasteiger partial charge is 0.355 e. The Balaban J connectivity index is 2.64. The fraction of sp³-hybridized carbons (Fsp3) is 0.583. The van der Waals surface area contributed by atoms with E-state index < -0.39 is 5.82 Å². The highest BCUT2D eigenvalue weighted by Gasteiger charge is 2.12. The zero-order valence-corrected chi connectivity index (χ0v) is 10.8. The molecule has 1 N–H and O–H groups in total. The summed E-state index contributed by atoms with van der Waals surface area (Å²) in [6, 6.07) is 0. The van der Waals surface area contributed by atoms with Crippen LogP contribution < -0.4 is 10.2 Å². The van der Waals surface area contributed by atoms with Crippen molar-refractivity contribution in [2.45, 2.75) is 26.7 Å². The highest BCUT2D eigenvalue weighted by atomic mass is 19.1. The number of amides is 1. The second kappa shape index (κ2) is 7.58.